The predicted octanol–water partition coefficient (Wildman–Crippen LogP) is 4.72. The highest BCUT2D eigenvalue weighted by Gasteiger charge is 2.41. The number of rotatable bonds is 2. The molecular weight excluding hydrogens is 319 g/mol. The second kappa shape index (κ2) is 5.44. The molecule has 1 N–H and O–H groups in total. The quantitative estimate of drug-likeness (QED) is 0.690. The van der Waals surface area contributed by atoms with Crippen LogP contribution in [-0.4, -0.2) is 5.11 Å². The Bertz CT molecular complexity index is 947. The first-order valence-electron chi connectivity index (χ1n) is 7.70. The minimum atomic E-state index is -3.20. The molecule has 1 aliphatic heterocycles. The van der Waals surface area contributed by atoms with Gasteiger partial charge in [-0.25, -0.2) is 0 Å². The van der Waals surface area contributed by atoms with E-state index in [0.717, 1.165) is 16.7 Å². The second-order valence-electron chi connectivity index (χ2n) is 5.81. The fourth-order valence-corrected chi connectivity index (χ4v) is 5.49. The van der Waals surface area contributed by atoms with Gasteiger partial charge in [0, 0.05) is 11.1 Å². The van der Waals surface area contributed by atoms with E-state index >= 15 is 0 Å². The lowest BCUT2D eigenvalue weighted by atomic mass is 10.1. The topological polar surface area (TPSA) is 46.5 Å². The van der Waals surface area contributed by atoms with Crippen LogP contribution in [0.2, 0.25) is 0 Å². The normalized spacial score (nSPS) is 19.4. The number of para-hydroxylation sites is 1. The van der Waals surface area contributed by atoms with E-state index in [9.17, 15) is 9.67 Å². The largest absolute Gasteiger partial charge is 0.508 e. The Morgan fingerprint density at radius 2 is 1.83 bits per heavy atom. The van der Waals surface area contributed by atoms with Crippen molar-refractivity contribution >= 4 is 12.7 Å². The molecule has 0 spiro atoms. The van der Waals surface area contributed by atoms with Crippen LogP contribution in [0.4, 0.5) is 0 Å². The van der Waals surface area contributed by atoms with Crippen molar-refractivity contribution in [2.24, 2.45) is 0 Å². The zero-order valence-electron chi connectivity index (χ0n) is 13.1. The molecule has 3 nitrogen and oxygen atoms in total. The van der Waals surface area contributed by atoms with Gasteiger partial charge < -0.3 is 9.63 Å². The van der Waals surface area contributed by atoms with E-state index in [4.69, 9.17) is 4.52 Å². The Kier molecular flexibility index (Phi) is 3.37. The fourth-order valence-electron chi connectivity index (χ4n) is 3.03. The van der Waals surface area contributed by atoms with Crippen LogP contribution in [0.25, 0.3) is 11.1 Å². The number of benzene rings is 2. The molecule has 2 atom stereocenters. The van der Waals surface area contributed by atoms with Crippen LogP contribution in [0.1, 0.15) is 18.1 Å². The van der Waals surface area contributed by atoms with Gasteiger partial charge in [-0.05, 0) is 48.9 Å². The molecule has 24 heavy (non-hydrogen) atoms. The summed E-state index contributed by atoms with van der Waals surface area (Å²) < 4.78 is 19.9. The molecule has 1 aliphatic rings. The summed E-state index contributed by atoms with van der Waals surface area (Å²) in [6, 6.07) is 23.9. The molecule has 0 bridgehead atoms. The Labute approximate surface area is 141 Å². The second-order valence-corrected chi connectivity index (χ2v) is 8.45. The fraction of sp³-hybridized carbons (Fsp3) is 0.100. The summed E-state index contributed by atoms with van der Waals surface area (Å²) in [6.07, 6.45) is 0. The summed E-state index contributed by atoms with van der Waals surface area (Å²) in [7, 11) is -3.20. The Hall–Kier alpha value is -2.69. The molecule has 0 saturated carbocycles. The monoisotopic (exact) mass is 334 g/mol. The van der Waals surface area contributed by atoms with Crippen molar-refractivity contribution in [3.05, 3.63) is 78.4 Å². The average molecular weight is 334 g/mol. The number of hydrogen-bond donors (Lipinski definition) is 1. The van der Waals surface area contributed by atoms with Crippen LogP contribution in [0, 0.1) is 12.1 Å². The maximum atomic E-state index is 13.9. The maximum absolute atomic E-state index is 13.9. The molecule has 118 valence electrons. The summed E-state index contributed by atoms with van der Waals surface area (Å²) in [5, 5.41) is 10.2. The van der Waals surface area contributed by atoms with E-state index in [1.807, 2.05) is 31.2 Å². The van der Waals surface area contributed by atoms with Gasteiger partial charge in [-0.2, -0.15) is 0 Å². The molecule has 0 radical (unpaired) electrons. The minimum Gasteiger partial charge on any atom is -0.508 e. The van der Waals surface area contributed by atoms with Crippen LogP contribution in [-0.2, 0) is 4.57 Å². The predicted molar refractivity (Wildman–Crippen MR) is 93.9 cm³/mol. The van der Waals surface area contributed by atoms with E-state index < -0.39 is 7.37 Å². The molecule has 3 aromatic rings. The first-order valence-corrected chi connectivity index (χ1v) is 9.39. The highest BCUT2D eigenvalue weighted by molar-refractivity contribution is 7.68. The number of fused-ring (bicyclic) bond motifs is 3. The van der Waals surface area contributed by atoms with Crippen molar-refractivity contribution in [1.82, 2.24) is 0 Å². The van der Waals surface area contributed by atoms with Gasteiger partial charge in [0.05, 0.1) is 11.0 Å². The Balaban J connectivity index is 1.89. The van der Waals surface area contributed by atoms with Gasteiger partial charge in [-0.3, -0.25) is 4.57 Å². The molecule has 0 aromatic heterocycles. The van der Waals surface area contributed by atoms with Crippen LogP contribution < -0.4 is 9.83 Å². The first kappa shape index (κ1) is 14.9. The van der Waals surface area contributed by atoms with Crippen molar-refractivity contribution in [1.29, 1.82) is 0 Å². The molecule has 0 saturated heterocycles. The maximum Gasteiger partial charge on any atom is 0.285 e. The lowest BCUT2D eigenvalue weighted by Crippen LogP contribution is -2.20. The van der Waals surface area contributed by atoms with Crippen molar-refractivity contribution in [3.63, 3.8) is 0 Å². The summed E-state index contributed by atoms with van der Waals surface area (Å²) in [5.74, 6) is 0.789. The van der Waals surface area contributed by atoms with Gasteiger partial charge >= 0.3 is 0 Å². The zero-order valence-corrected chi connectivity index (χ0v) is 14.0. The molecule has 4 heteroatoms. The third kappa shape index (κ3) is 2.19. The zero-order chi connectivity index (χ0) is 16.7. The summed E-state index contributed by atoms with van der Waals surface area (Å²) in [4.78, 5) is 0. The van der Waals surface area contributed by atoms with Gasteiger partial charge in [0.2, 0.25) is 0 Å². The summed E-state index contributed by atoms with van der Waals surface area (Å²) in [6.45, 7) is 1.89. The number of aromatic hydroxyl groups is 1. The van der Waals surface area contributed by atoms with Gasteiger partial charge in [0.25, 0.3) is 7.37 Å². The Morgan fingerprint density at radius 3 is 2.62 bits per heavy atom. The van der Waals surface area contributed by atoms with E-state index in [2.05, 4.69) is 12.1 Å². The van der Waals surface area contributed by atoms with Crippen molar-refractivity contribution < 1.29 is 14.2 Å². The van der Waals surface area contributed by atoms with E-state index in [0.29, 0.717) is 11.1 Å². The molecule has 0 aliphatic carbocycles. The molecule has 0 amide bonds. The van der Waals surface area contributed by atoms with Crippen LogP contribution in [0.5, 0.6) is 11.5 Å². The molecule has 3 aromatic carbocycles. The third-order valence-electron chi connectivity index (χ3n) is 4.39. The number of hydrogen-bond acceptors (Lipinski definition) is 3. The number of phenols is 1. The molecule has 0 fully saturated rings. The van der Waals surface area contributed by atoms with E-state index in [1.54, 1.807) is 36.4 Å². The van der Waals surface area contributed by atoms with Crippen LogP contribution >= 0.6 is 7.37 Å². The van der Waals surface area contributed by atoms with Gasteiger partial charge in [-0.15, -0.1) is 0 Å². The molecule has 1 heterocycles. The van der Waals surface area contributed by atoms with Crippen molar-refractivity contribution in [2.75, 3.05) is 0 Å². The summed E-state index contributed by atoms with van der Waals surface area (Å²) >= 11 is 0. The summed E-state index contributed by atoms with van der Waals surface area (Å²) in [5.41, 5.74) is 2.18. The standard InChI is InChI=1S/C20H15O3P/c1-14(15-10-12-16(21)13-11-15)24(22)20-9-5-3-7-18(20)17-6-2-4-8-19(17)23-24/h2,4-6,8-14,21H,1H3. The highest BCUT2D eigenvalue weighted by atomic mass is 31.2. The Morgan fingerprint density at radius 1 is 1.08 bits per heavy atom. The van der Waals surface area contributed by atoms with Gasteiger partial charge in [0.1, 0.15) is 11.5 Å². The molecule has 4 rings (SSSR count). The number of phenolic OH excluding ortho intramolecular Hbond substituents is 1. The molecule has 2 unspecified atom stereocenters. The van der Waals surface area contributed by atoms with E-state index in [-0.39, 0.29) is 11.4 Å². The van der Waals surface area contributed by atoms with Crippen molar-refractivity contribution in [2.45, 2.75) is 12.6 Å². The van der Waals surface area contributed by atoms with Crippen LogP contribution in [0.3, 0.4) is 0 Å². The third-order valence-corrected chi connectivity index (χ3v) is 7.22. The van der Waals surface area contributed by atoms with Crippen LogP contribution in [0.15, 0.2) is 60.7 Å². The highest BCUT2D eigenvalue weighted by Crippen LogP contribution is 2.63. The SMILES string of the molecule is CC(c1ccc(O)cc1)P1(=O)Oc2ccccc2-c2c#cccc21. The lowest BCUT2D eigenvalue weighted by Gasteiger charge is -2.31. The van der Waals surface area contributed by atoms with Gasteiger partial charge in [-0.1, -0.05) is 36.4 Å². The van der Waals surface area contributed by atoms with Crippen molar-refractivity contribution in [3.8, 4) is 22.6 Å². The average Bonchev–Trinajstić information content (AvgIpc) is 2.62. The van der Waals surface area contributed by atoms with Gasteiger partial charge in [0.15, 0.2) is 0 Å². The first-order chi connectivity index (χ1) is 11.6. The molecular formula is C20H15O3P. The lowest BCUT2D eigenvalue weighted by molar-refractivity contribution is 0.473. The minimum absolute atomic E-state index is 0.183. The smallest absolute Gasteiger partial charge is 0.285 e. The van der Waals surface area contributed by atoms with E-state index in [1.165, 1.54) is 0 Å².